The second-order valence-electron chi connectivity index (χ2n) is 8.33. The van der Waals surface area contributed by atoms with Crippen LogP contribution in [0.5, 0.6) is 0 Å². The molecule has 2 unspecified atom stereocenters. The highest BCUT2D eigenvalue weighted by molar-refractivity contribution is 5.73. The fourth-order valence-electron chi connectivity index (χ4n) is 4.33. The lowest BCUT2D eigenvalue weighted by Crippen LogP contribution is -2.39. The van der Waals surface area contributed by atoms with Crippen LogP contribution in [0.4, 0.5) is 5.95 Å². The third kappa shape index (κ3) is 3.28. The zero-order valence-corrected chi connectivity index (χ0v) is 17.3. The van der Waals surface area contributed by atoms with Gasteiger partial charge in [-0.25, -0.2) is 9.97 Å². The number of oxazole rings is 1. The largest absolute Gasteiger partial charge is 0.422 e. The summed E-state index contributed by atoms with van der Waals surface area (Å²) in [6.45, 7) is 8.40. The van der Waals surface area contributed by atoms with Gasteiger partial charge in [0.1, 0.15) is 5.52 Å². The van der Waals surface area contributed by atoms with Crippen LogP contribution in [0.15, 0.2) is 45.7 Å². The number of nitrogens with zero attached hydrogens (tertiary/aromatic N) is 5. The zero-order valence-electron chi connectivity index (χ0n) is 17.3. The maximum absolute atomic E-state index is 12.6. The van der Waals surface area contributed by atoms with E-state index < -0.39 is 0 Å². The monoisotopic (exact) mass is 404 g/mol. The molecule has 0 spiro atoms. The Labute approximate surface area is 173 Å². The Kier molecular flexibility index (Phi) is 4.42. The number of aromatic amines is 1. The number of H-pyrrole nitrogens is 1. The Morgan fingerprint density at radius 1 is 1.13 bits per heavy atom. The summed E-state index contributed by atoms with van der Waals surface area (Å²) < 4.78 is 7.02. The number of benzene rings is 1. The van der Waals surface area contributed by atoms with Gasteiger partial charge in [-0.1, -0.05) is 26.0 Å². The van der Waals surface area contributed by atoms with Crippen molar-refractivity contribution in [3.05, 3.63) is 52.6 Å². The zero-order chi connectivity index (χ0) is 20.8. The number of hydrogen-bond acceptors (Lipinski definition) is 6. The van der Waals surface area contributed by atoms with Crippen molar-refractivity contribution in [2.24, 2.45) is 11.8 Å². The Bertz CT molecular complexity index is 1230. The first-order valence-corrected chi connectivity index (χ1v) is 10.2. The van der Waals surface area contributed by atoms with E-state index in [1.807, 2.05) is 31.2 Å². The van der Waals surface area contributed by atoms with Crippen LogP contribution in [0.3, 0.4) is 0 Å². The summed E-state index contributed by atoms with van der Waals surface area (Å²) in [5, 5.41) is 3.08. The molecule has 0 radical (unpaired) electrons. The third-order valence-electron chi connectivity index (χ3n) is 5.60. The fraction of sp³-hybridized carbons (Fsp3) is 0.364. The van der Waals surface area contributed by atoms with Crippen molar-refractivity contribution in [2.75, 3.05) is 18.0 Å². The predicted octanol–water partition coefficient (Wildman–Crippen LogP) is 3.55. The molecular formula is C22H24N6O2. The van der Waals surface area contributed by atoms with Gasteiger partial charge in [0.2, 0.25) is 5.95 Å². The lowest BCUT2D eigenvalue weighted by Gasteiger charge is -2.35. The maximum Gasteiger partial charge on any atom is 0.325 e. The van der Waals surface area contributed by atoms with Crippen molar-refractivity contribution in [1.82, 2.24) is 24.7 Å². The number of nitrogens with one attached hydrogen (secondary N) is 1. The van der Waals surface area contributed by atoms with Gasteiger partial charge in [0.25, 0.3) is 5.56 Å². The van der Waals surface area contributed by atoms with Gasteiger partial charge in [-0.05, 0) is 37.3 Å². The Balaban J connectivity index is 1.47. The highest BCUT2D eigenvalue weighted by atomic mass is 16.4. The SMILES string of the molecule is Cc1nc(N2CC(C)CC(C)C2)ncc1-c1cc(=O)n(-c2nc3ccccc3o2)[nH]1. The van der Waals surface area contributed by atoms with Crippen LogP contribution in [0.1, 0.15) is 26.0 Å². The van der Waals surface area contributed by atoms with E-state index in [1.165, 1.54) is 17.2 Å². The van der Waals surface area contributed by atoms with Crippen molar-refractivity contribution in [2.45, 2.75) is 27.2 Å². The summed E-state index contributed by atoms with van der Waals surface area (Å²) in [7, 11) is 0. The first-order chi connectivity index (χ1) is 14.5. The van der Waals surface area contributed by atoms with Crippen molar-refractivity contribution >= 4 is 17.0 Å². The maximum atomic E-state index is 12.6. The Morgan fingerprint density at radius 3 is 2.63 bits per heavy atom. The smallest absolute Gasteiger partial charge is 0.325 e. The molecule has 5 rings (SSSR count). The number of aromatic nitrogens is 5. The number of rotatable bonds is 3. The van der Waals surface area contributed by atoms with Gasteiger partial charge in [-0.15, -0.1) is 0 Å². The average Bonchev–Trinajstić information content (AvgIpc) is 3.30. The molecule has 0 amide bonds. The molecule has 1 saturated heterocycles. The van der Waals surface area contributed by atoms with Crippen LogP contribution < -0.4 is 10.5 Å². The van der Waals surface area contributed by atoms with Crippen LogP contribution in [-0.4, -0.2) is 37.8 Å². The molecule has 30 heavy (non-hydrogen) atoms. The molecule has 1 aliphatic heterocycles. The van der Waals surface area contributed by atoms with Crippen molar-refractivity contribution in [3.8, 4) is 17.3 Å². The molecule has 1 aromatic carbocycles. The minimum Gasteiger partial charge on any atom is -0.422 e. The van der Waals surface area contributed by atoms with E-state index >= 15 is 0 Å². The summed E-state index contributed by atoms with van der Waals surface area (Å²) in [6.07, 6.45) is 3.02. The lowest BCUT2D eigenvalue weighted by atomic mass is 9.92. The van der Waals surface area contributed by atoms with E-state index in [0.29, 0.717) is 28.6 Å². The van der Waals surface area contributed by atoms with Gasteiger partial charge in [0.15, 0.2) is 5.58 Å². The average molecular weight is 404 g/mol. The predicted molar refractivity (Wildman–Crippen MR) is 115 cm³/mol. The molecule has 2 atom stereocenters. The molecule has 3 aromatic heterocycles. The highest BCUT2D eigenvalue weighted by Gasteiger charge is 2.24. The van der Waals surface area contributed by atoms with Gasteiger partial charge >= 0.3 is 6.01 Å². The van der Waals surface area contributed by atoms with Crippen LogP contribution >= 0.6 is 0 Å². The molecule has 4 aromatic rings. The van der Waals surface area contributed by atoms with E-state index in [-0.39, 0.29) is 11.6 Å². The second kappa shape index (κ2) is 7.12. The minimum absolute atomic E-state index is 0.207. The van der Waals surface area contributed by atoms with Crippen molar-refractivity contribution in [3.63, 3.8) is 0 Å². The number of aryl methyl sites for hydroxylation is 1. The molecule has 1 aliphatic rings. The summed E-state index contributed by atoms with van der Waals surface area (Å²) in [4.78, 5) is 28.5. The van der Waals surface area contributed by atoms with Crippen LogP contribution in [0.2, 0.25) is 0 Å². The number of piperidine rings is 1. The van der Waals surface area contributed by atoms with E-state index in [4.69, 9.17) is 9.40 Å². The van der Waals surface area contributed by atoms with Crippen LogP contribution in [-0.2, 0) is 0 Å². The van der Waals surface area contributed by atoms with Gasteiger partial charge < -0.3 is 9.32 Å². The summed E-state index contributed by atoms with van der Waals surface area (Å²) in [6, 6.07) is 9.14. The molecule has 1 N–H and O–H groups in total. The number of para-hydroxylation sites is 2. The van der Waals surface area contributed by atoms with E-state index in [1.54, 1.807) is 6.20 Å². The number of fused-ring (bicyclic) bond motifs is 1. The second-order valence-corrected chi connectivity index (χ2v) is 8.33. The molecule has 0 aliphatic carbocycles. The first kappa shape index (κ1) is 18.6. The normalized spacial score (nSPS) is 19.5. The third-order valence-corrected chi connectivity index (χ3v) is 5.60. The van der Waals surface area contributed by atoms with E-state index in [2.05, 4.69) is 33.8 Å². The van der Waals surface area contributed by atoms with Crippen LogP contribution in [0.25, 0.3) is 28.4 Å². The van der Waals surface area contributed by atoms with E-state index in [9.17, 15) is 4.79 Å². The molecule has 0 bridgehead atoms. The summed E-state index contributed by atoms with van der Waals surface area (Å²) >= 11 is 0. The van der Waals surface area contributed by atoms with Crippen molar-refractivity contribution < 1.29 is 4.42 Å². The minimum atomic E-state index is -0.251. The quantitative estimate of drug-likeness (QED) is 0.561. The van der Waals surface area contributed by atoms with E-state index in [0.717, 1.165) is 30.3 Å². The topological polar surface area (TPSA) is 92.8 Å². The van der Waals surface area contributed by atoms with Gasteiger partial charge in [0, 0.05) is 30.9 Å². The molecule has 8 heteroatoms. The molecule has 4 heterocycles. The highest BCUT2D eigenvalue weighted by Crippen LogP contribution is 2.26. The number of anilines is 1. The molecule has 0 saturated carbocycles. The van der Waals surface area contributed by atoms with Crippen LogP contribution in [0, 0.1) is 18.8 Å². The first-order valence-electron chi connectivity index (χ1n) is 10.2. The standard InChI is InChI=1S/C22H24N6O2/c1-13-8-14(2)12-27(11-13)21-23-10-16(15(3)24-21)18-9-20(29)28(26-18)22-25-17-6-4-5-7-19(17)30-22/h4-7,9-10,13-14,26H,8,11-12H2,1-3H3. The molecular weight excluding hydrogens is 380 g/mol. The van der Waals surface area contributed by atoms with Gasteiger partial charge in [-0.2, -0.15) is 9.67 Å². The van der Waals surface area contributed by atoms with Gasteiger partial charge in [0.05, 0.1) is 11.4 Å². The van der Waals surface area contributed by atoms with Crippen molar-refractivity contribution in [1.29, 1.82) is 0 Å². The fourth-order valence-corrected chi connectivity index (χ4v) is 4.33. The van der Waals surface area contributed by atoms with Gasteiger partial charge in [-0.3, -0.25) is 9.89 Å². The molecule has 154 valence electrons. The summed E-state index contributed by atoms with van der Waals surface area (Å²) in [5.74, 6) is 1.99. The molecule has 8 nitrogen and oxygen atoms in total. The molecule has 1 fully saturated rings. The lowest BCUT2D eigenvalue weighted by molar-refractivity contribution is 0.353. The number of hydrogen-bond donors (Lipinski definition) is 1. The Hall–Kier alpha value is -3.42. The Morgan fingerprint density at radius 2 is 1.90 bits per heavy atom. The summed E-state index contributed by atoms with van der Waals surface area (Å²) in [5.41, 5.74) is 3.31.